The summed E-state index contributed by atoms with van der Waals surface area (Å²) in [6.45, 7) is 0.630. The van der Waals surface area contributed by atoms with E-state index in [1.54, 1.807) is 24.3 Å². The van der Waals surface area contributed by atoms with Crippen LogP contribution in [0, 0.1) is 0 Å². The van der Waals surface area contributed by atoms with Gasteiger partial charge in [0, 0.05) is 5.02 Å². The number of benzene rings is 1. The maximum Gasteiger partial charge on any atom is 0.406 e. The first-order valence-corrected chi connectivity index (χ1v) is 7.08. The monoisotopic (exact) mass is 320 g/mol. The Morgan fingerprint density at radius 3 is 2.43 bits per heavy atom. The van der Waals surface area contributed by atoms with Crippen molar-refractivity contribution >= 4 is 17.5 Å². The van der Waals surface area contributed by atoms with Gasteiger partial charge in [-0.05, 0) is 24.1 Å². The first-order chi connectivity index (χ1) is 9.81. The number of rotatable bonds is 4. The number of carbonyl (C=O) groups is 1. The van der Waals surface area contributed by atoms with Gasteiger partial charge in [0.2, 0.25) is 5.91 Å². The molecule has 2 unspecified atom stereocenters. The summed E-state index contributed by atoms with van der Waals surface area (Å²) in [6.07, 6.45) is -3.97. The van der Waals surface area contributed by atoms with Gasteiger partial charge in [0.1, 0.15) is 12.7 Å². The van der Waals surface area contributed by atoms with Crippen LogP contribution in [0.4, 0.5) is 13.2 Å². The van der Waals surface area contributed by atoms with Crippen LogP contribution < -0.4 is 5.32 Å². The van der Waals surface area contributed by atoms with Crippen molar-refractivity contribution in [3.05, 3.63) is 34.9 Å². The largest absolute Gasteiger partial charge is 0.406 e. The number of amides is 1. The summed E-state index contributed by atoms with van der Waals surface area (Å²) in [7, 11) is 0. The summed E-state index contributed by atoms with van der Waals surface area (Å²) in [5.41, 5.74) is 0.593. The van der Waals surface area contributed by atoms with Crippen LogP contribution in [0.3, 0.4) is 0 Å². The minimum Gasteiger partial charge on any atom is -0.312 e. The van der Waals surface area contributed by atoms with Crippen LogP contribution in [0.5, 0.6) is 0 Å². The van der Waals surface area contributed by atoms with E-state index in [1.165, 1.54) is 0 Å². The van der Waals surface area contributed by atoms with Gasteiger partial charge in [-0.2, -0.15) is 13.2 Å². The molecule has 1 aromatic rings. The molecule has 2 rings (SSSR count). The van der Waals surface area contributed by atoms with Gasteiger partial charge in [-0.15, -0.1) is 0 Å². The fourth-order valence-corrected chi connectivity index (χ4v) is 2.58. The Kier molecular flexibility index (Phi) is 4.78. The van der Waals surface area contributed by atoms with Crippen molar-refractivity contribution < 1.29 is 18.0 Å². The normalized spacial score (nSPS) is 22.9. The third-order valence-electron chi connectivity index (χ3n) is 3.36. The molecule has 1 fully saturated rings. The molecule has 7 heteroatoms. The van der Waals surface area contributed by atoms with E-state index in [2.05, 4.69) is 5.32 Å². The standard InChI is InChI=1S/C14H16ClF3N2O/c1-2-3-11-13(21)20(8-14(16,17)18)12(19-11)9-4-6-10(15)7-5-9/h4-7,11-12,19H,2-3,8H2,1H3. The molecule has 2 atom stereocenters. The van der Waals surface area contributed by atoms with E-state index in [4.69, 9.17) is 11.6 Å². The summed E-state index contributed by atoms with van der Waals surface area (Å²) in [4.78, 5) is 13.0. The van der Waals surface area contributed by atoms with Gasteiger partial charge in [-0.25, -0.2) is 0 Å². The van der Waals surface area contributed by atoms with E-state index >= 15 is 0 Å². The molecule has 0 spiro atoms. The van der Waals surface area contributed by atoms with E-state index < -0.39 is 30.8 Å². The molecule has 1 N–H and O–H groups in total. The van der Waals surface area contributed by atoms with Gasteiger partial charge in [0.25, 0.3) is 0 Å². The van der Waals surface area contributed by atoms with Crippen molar-refractivity contribution in [2.75, 3.05) is 6.54 Å². The zero-order valence-corrected chi connectivity index (χ0v) is 12.2. The van der Waals surface area contributed by atoms with Crippen LogP contribution in [-0.2, 0) is 4.79 Å². The average molecular weight is 321 g/mol. The fourth-order valence-electron chi connectivity index (χ4n) is 2.46. The van der Waals surface area contributed by atoms with Crippen molar-refractivity contribution in [3.63, 3.8) is 0 Å². The van der Waals surface area contributed by atoms with Gasteiger partial charge in [0.15, 0.2) is 0 Å². The molecule has 0 aliphatic carbocycles. The smallest absolute Gasteiger partial charge is 0.312 e. The maximum absolute atomic E-state index is 12.7. The fraction of sp³-hybridized carbons (Fsp3) is 0.500. The van der Waals surface area contributed by atoms with Crippen LogP contribution in [-0.4, -0.2) is 29.6 Å². The van der Waals surface area contributed by atoms with Gasteiger partial charge in [-0.1, -0.05) is 37.1 Å². The van der Waals surface area contributed by atoms with Gasteiger partial charge in [-0.3, -0.25) is 10.1 Å². The number of carbonyl (C=O) groups excluding carboxylic acids is 1. The number of hydrogen-bond acceptors (Lipinski definition) is 2. The molecule has 1 heterocycles. The minimum absolute atomic E-state index is 0.496. The zero-order chi connectivity index (χ0) is 15.6. The Labute approximate surface area is 126 Å². The molecule has 1 aliphatic rings. The van der Waals surface area contributed by atoms with Gasteiger partial charge < -0.3 is 4.90 Å². The highest BCUT2D eigenvalue weighted by molar-refractivity contribution is 6.30. The maximum atomic E-state index is 12.7. The van der Waals surface area contributed by atoms with E-state index in [1.807, 2.05) is 6.92 Å². The highest BCUT2D eigenvalue weighted by Crippen LogP contribution is 2.31. The lowest BCUT2D eigenvalue weighted by Gasteiger charge is -2.25. The Bertz CT molecular complexity index is 504. The van der Waals surface area contributed by atoms with E-state index in [0.29, 0.717) is 17.0 Å². The lowest BCUT2D eigenvalue weighted by atomic mass is 10.1. The summed E-state index contributed by atoms with van der Waals surface area (Å²) in [6, 6.07) is 5.89. The lowest BCUT2D eigenvalue weighted by Crippen LogP contribution is -2.38. The molecule has 1 aliphatic heterocycles. The Hall–Kier alpha value is -1.27. The SMILES string of the molecule is CCCC1NC(c2ccc(Cl)cc2)N(CC(F)(F)F)C1=O. The topological polar surface area (TPSA) is 32.3 Å². The van der Waals surface area contributed by atoms with Crippen molar-refractivity contribution in [1.82, 2.24) is 10.2 Å². The number of halogens is 4. The van der Waals surface area contributed by atoms with E-state index in [9.17, 15) is 18.0 Å². The van der Waals surface area contributed by atoms with Crippen molar-refractivity contribution in [3.8, 4) is 0 Å². The quantitative estimate of drug-likeness (QED) is 0.921. The molecule has 0 saturated carbocycles. The van der Waals surface area contributed by atoms with E-state index in [0.717, 1.165) is 11.3 Å². The highest BCUT2D eigenvalue weighted by atomic mass is 35.5. The number of alkyl halides is 3. The molecule has 1 saturated heterocycles. The summed E-state index contributed by atoms with van der Waals surface area (Å²) in [5.74, 6) is -0.505. The number of hydrogen-bond donors (Lipinski definition) is 1. The molecule has 0 bridgehead atoms. The Morgan fingerprint density at radius 2 is 1.90 bits per heavy atom. The predicted octanol–water partition coefficient (Wildman–Crippen LogP) is 3.50. The predicted molar refractivity (Wildman–Crippen MR) is 73.8 cm³/mol. The molecule has 3 nitrogen and oxygen atoms in total. The second-order valence-corrected chi connectivity index (χ2v) is 5.48. The number of nitrogens with one attached hydrogen (secondary N) is 1. The zero-order valence-electron chi connectivity index (χ0n) is 11.5. The Balaban J connectivity index is 2.27. The first-order valence-electron chi connectivity index (χ1n) is 6.70. The third kappa shape index (κ3) is 3.89. The van der Waals surface area contributed by atoms with Crippen molar-refractivity contribution in [2.45, 2.75) is 38.1 Å². The van der Waals surface area contributed by atoms with Crippen LogP contribution in [0.15, 0.2) is 24.3 Å². The summed E-state index contributed by atoms with van der Waals surface area (Å²) in [5, 5.41) is 3.48. The van der Waals surface area contributed by atoms with E-state index in [-0.39, 0.29) is 0 Å². The second kappa shape index (κ2) is 6.23. The summed E-state index contributed by atoms with van der Waals surface area (Å²) >= 11 is 5.79. The first kappa shape index (κ1) is 16.1. The average Bonchev–Trinajstić information content (AvgIpc) is 2.68. The van der Waals surface area contributed by atoms with Crippen molar-refractivity contribution in [1.29, 1.82) is 0 Å². The van der Waals surface area contributed by atoms with Crippen LogP contribution in [0.2, 0.25) is 5.02 Å². The minimum atomic E-state index is -4.43. The third-order valence-corrected chi connectivity index (χ3v) is 3.62. The molecular weight excluding hydrogens is 305 g/mol. The molecule has 1 amide bonds. The Morgan fingerprint density at radius 1 is 1.29 bits per heavy atom. The lowest BCUT2D eigenvalue weighted by molar-refractivity contribution is -0.161. The molecular formula is C14H16ClF3N2O. The van der Waals surface area contributed by atoms with Crippen molar-refractivity contribution in [2.24, 2.45) is 0 Å². The van der Waals surface area contributed by atoms with Gasteiger partial charge >= 0.3 is 6.18 Å². The molecule has 0 radical (unpaired) electrons. The molecule has 0 aromatic heterocycles. The second-order valence-electron chi connectivity index (χ2n) is 5.04. The van der Waals surface area contributed by atoms with Gasteiger partial charge in [0.05, 0.1) is 6.04 Å². The van der Waals surface area contributed by atoms with Crippen LogP contribution >= 0.6 is 11.6 Å². The number of nitrogens with zero attached hydrogens (tertiary/aromatic N) is 1. The molecule has 116 valence electrons. The molecule has 1 aromatic carbocycles. The summed E-state index contributed by atoms with van der Waals surface area (Å²) < 4.78 is 38.1. The highest BCUT2D eigenvalue weighted by Gasteiger charge is 2.44. The molecule has 21 heavy (non-hydrogen) atoms. The van der Waals surface area contributed by atoms with Crippen LogP contribution in [0.1, 0.15) is 31.5 Å². The van der Waals surface area contributed by atoms with Crippen LogP contribution in [0.25, 0.3) is 0 Å².